The number of hydrogen-bond donors (Lipinski definition) is 1. The highest BCUT2D eigenvalue weighted by Crippen LogP contribution is 2.30. The number of rotatable bonds is 1. The average Bonchev–Trinajstić information content (AvgIpc) is 2.04. The number of nitrogens with two attached hydrogens (primary N) is 1. The normalized spacial score (nSPS) is 11.5. The Morgan fingerprint density at radius 1 is 1.43 bits per heavy atom. The molecule has 1 aromatic heterocycles. The molecular weight excluding hydrogens is 319 g/mol. The van der Waals surface area contributed by atoms with Crippen molar-refractivity contribution >= 4 is 28.3 Å². The monoisotopic (exact) mass is 322 g/mol. The van der Waals surface area contributed by atoms with Crippen molar-refractivity contribution < 1.29 is 22.3 Å². The molecule has 1 rings (SSSR count). The van der Waals surface area contributed by atoms with Crippen LogP contribution in [0, 0.1) is 9.39 Å². The van der Waals surface area contributed by atoms with Gasteiger partial charge in [-0.1, -0.05) is 0 Å². The molecule has 0 unspecified atom stereocenters. The second kappa shape index (κ2) is 3.75. The number of anilines is 1. The van der Waals surface area contributed by atoms with Crippen molar-refractivity contribution in [1.29, 1.82) is 0 Å². The SMILES string of the molecule is Nc1c(F)cnc(OC(F)(F)F)c1I. The lowest BCUT2D eigenvalue weighted by Crippen LogP contribution is -2.19. The first-order valence-corrected chi connectivity index (χ1v) is 4.24. The molecule has 0 aliphatic carbocycles. The fourth-order valence-corrected chi connectivity index (χ4v) is 1.15. The molecule has 14 heavy (non-hydrogen) atoms. The molecule has 2 N–H and O–H groups in total. The van der Waals surface area contributed by atoms with Crippen LogP contribution in [-0.4, -0.2) is 11.3 Å². The number of ether oxygens (including phenoxy) is 1. The molecule has 0 atom stereocenters. The summed E-state index contributed by atoms with van der Waals surface area (Å²) in [6.07, 6.45) is -4.30. The van der Waals surface area contributed by atoms with E-state index in [4.69, 9.17) is 5.73 Å². The zero-order valence-electron chi connectivity index (χ0n) is 6.40. The van der Waals surface area contributed by atoms with Crippen LogP contribution in [0.15, 0.2) is 6.20 Å². The van der Waals surface area contributed by atoms with Crippen molar-refractivity contribution in [2.75, 3.05) is 5.73 Å². The van der Waals surface area contributed by atoms with E-state index in [1.165, 1.54) is 22.6 Å². The Morgan fingerprint density at radius 3 is 2.50 bits per heavy atom. The first-order chi connectivity index (χ1) is 6.31. The smallest absolute Gasteiger partial charge is 0.395 e. The Kier molecular flexibility index (Phi) is 3.02. The Balaban J connectivity index is 3.06. The highest BCUT2D eigenvalue weighted by molar-refractivity contribution is 14.1. The fourth-order valence-electron chi connectivity index (χ4n) is 0.642. The van der Waals surface area contributed by atoms with E-state index >= 15 is 0 Å². The van der Waals surface area contributed by atoms with E-state index < -0.39 is 23.7 Å². The van der Waals surface area contributed by atoms with Crippen LogP contribution in [0.3, 0.4) is 0 Å². The molecule has 78 valence electrons. The summed E-state index contributed by atoms with van der Waals surface area (Å²) < 4.78 is 51.2. The third-order valence-electron chi connectivity index (χ3n) is 1.19. The van der Waals surface area contributed by atoms with Crippen molar-refractivity contribution in [1.82, 2.24) is 4.98 Å². The molecule has 0 saturated heterocycles. The van der Waals surface area contributed by atoms with Gasteiger partial charge in [0.2, 0.25) is 5.88 Å². The molecule has 0 aliphatic rings. The fraction of sp³-hybridized carbons (Fsp3) is 0.167. The molecule has 1 aromatic rings. The quantitative estimate of drug-likeness (QED) is 0.638. The zero-order valence-corrected chi connectivity index (χ0v) is 8.56. The lowest BCUT2D eigenvalue weighted by molar-refractivity contribution is -0.276. The maximum absolute atomic E-state index is 12.7. The van der Waals surface area contributed by atoms with E-state index in [-0.39, 0.29) is 3.57 Å². The van der Waals surface area contributed by atoms with Crippen LogP contribution in [0.4, 0.5) is 23.2 Å². The van der Waals surface area contributed by atoms with Crippen LogP contribution >= 0.6 is 22.6 Å². The van der Waals surface area contributed by atoms with E-state index in [0.29, 0.717) is 6.20 Å². The topological polar surface area (TPSA) is 48.1 Å². The first-order valence-electron chi connectivity index (χ1n) is 3.16. The van der Waals surface area contributed by atoms with Gasteiger partial charge in [-0.25, -0.2) is 9.37 Å². The summed E-state index contributed by atoms with van der Waals surface area (Å²) in [6, 6.07) is 0. The van der Waals surface area contributed by atoms with Gasteiger partial charge in [0.05, 0.1) is 11.9 Å². The number of nitrogen functional groups attached to an aromatic ring is 1. The summed E-state index contributed by atoms with van der Waals surface area (Å²) in [5.74, 6) is -1.64. The van der Waals surface area contributed by atoms with Crippen molar-refractivity contribution in [2.45, 2.75) is 6.36 Å². The standard InChI is InChI=1S/C6H3F4IN2O/c7-2-1-13-5(3(11)4(2)12)14-6(8,9)10/h1H,(H2,12,13). The number of alkyl halides is 3. The minimum absolute atomic E-state index is 0.208. The van der Waals surface area contributed by atoms with Crippen LogP contribution in [0.1, 0.15) is 0 Å². The molecule has 0 bridgehead atoms. The second-order valence-corrected chi connectivity index (χ2v) is 3.27. The Hall–Kier alpha value is -0.800. The first kappa shape index (κ1) is 11.3. The molecular formula is C6H3F4IN2O. The maximum atomic E-state index is 12.7. The molecule has 0 radical (unpaired) electrons. The van der Waals surface area contributed by atoms with Gasteiger partial charge in [-0.3, -0.25) is 0 Å². The summed E-state index contributed by atoms with van der Waals surface area (Å²) >= 11 is 1.42. The highest BCUT2D eigenvalue weighted by atomic mass is 127. The second-order valence-electron chi connectivity index (χ2n) is 2.19. The van der Waals surface area contributed by atoms with Crippen LogP contribution < -0.4 is 10.5 Å². The van der Waals surface area contributed by atoms with Gasteiger partial charge < -0.3 is 10.5 Å². The molecule has 3 nitrogen and oxygen atoms in total. The van der Waals surface area contributed by atoms with Crippen molar-refractivity contribution in [3.8, 4) is 5.88 Å². The van der Waals surface area contributed by atoms with Crippen molar-refractivity contribution in [2.24, 2.45) is 0 Å². The molecule has 0 fully saturated rings. The number of hydrogen-bond acceptors (Lipinski definition) is 3. The van der Waals surface area contributed by atoms with Crippen LogP contribution in [-0.2, 0) is 0 Å². The van der Waals surface area contributed by atoms with Gasteiger partial charge in [-0.15, -0.1) is 13.2 Å². The molecule has 0 saturated carbocycles. The maximum Gasteiger partial charge on any atom is 0.574 e. The molecule has 0 aromatic carbocycles. The van der Waals surface area contributed by atoms with Gasteiger partial charge in [-0.2, -0.15) is 0 Å². The van der Waals surface area contributed by atoms with E-state index in [1.807, 2.05) is 0 Å². The van der Waals surface area contributed by atoms with Gasteiger partial charge in [0.25, 0.3) is 0 Å². The summed E-state index contributed by atoms with van der Waals surface area (Å²) in [7, 11) is 0. The van der Waals surface area contributed by atoms with E-state index in [2.05, 4.69) is 9.72 Å². The number of halogens is 5. The summed E-state index contributed by atoms with van der Waals surface area (Å²) in [6.45, 7) is 0. The average molecular weight is 322 g/mol. The molecule has 8 heteroatoms. The van der Waals surface area contributed by atoms with Gasteiger partial charge in [-0.05, 0) is 22.6 Å². The van der Waals surface area contributed by atoms with Gasteiger partial charge in [0.15, 0.2) is 5.82 Å². The molecule has 1 heterocycles. The van der Waals surface area contributed by atoms with Crippen LogP contribution in [0.25, 0.3) is 0 Å². The van der Waals surface area contributed by atoms with Crippen LogP contribution in [0.5, 0.6) is 5.88 Å². The zero-order chi connectivity index (χ0) is 10.9. The summed E-state index contributed by atoms with van der Waals surface area (Å²) in [5.41, 5.74) is 4.71. The predicted octanol–water partition coefficient (Wildman–Crippen LogP) is 2.31. The Labute approximate surface area is 89.4 Å². The minimum atomic E-state index is -4.86. The lowest BCUT2D eigenvalue weighted by Gasteiger charge is -2.10. The predicted molar refractivity (Wildman–Crippen MR) is 48.0 cm³/mol. The molecule has 0 spiro atoms. The van der Waals surface area contributed by atoms with E-state index in [1.54, 1.807) is 0 Å². The molecule has 0 amide bonds. The van der Waals surface area contributed by atoms with Gasteiger partial charge >= 0.3 is 6.36 Å². The third kappa shape index (κ3) is 2.59. The van der Waals surface area contributed by atoms with Crippen molar-refractivity contribution in [3.63, 3.8) is 0 Å². The number of pyridine rings is 1. The third-order valence-corrected chi connectivity index (χ3v) is 2.23. The Morgan fingerprint density at radius 2 is 2.00 bits per heavy atom. The number of aromatic nitrogens is 1. The Bertz CT molecular complexity index is 354. The highest BCUT2D eigenvalue weighted by Gasteiger charge is 2.33. The van der Waals surface area contributed by atoms with Gasteiger partial charge in [0.1, 0.15) is 3.57 Å². The van der Waals surface area contributed by atoms with E-state index in [9.17, 15) is 17.6 Å². The minimum Gasteiger partial charge on any atom is -0.395 e. The van der Waals surface area contributed by atoms with Gasteiger partial charge in [0, 0.05) is 0 Å². The summed E-state index contributed by atoms with van der Waals surface area (Å²) in [5, 5.41) is 0. The van der Waals surface area contributed by atoms with E-state index in [0.717, 1.165) is 0 Å². The largest absolute Gasteiger partial charge is 0.574 e. The summed E-state index contributed by atoms with van der Waals surface area (Å²) in [4.78, 5) is 3.12. The van der Waals surface area contributed by atoms with Crippen molar-refractivity contribution in [3.05, 3.63) is 15.6 Å². The molecule has 0 aliphatic heterocycles. The number of nitrogens with zero attached hydrogens (tertiary/aromatic N) is 1. The lowest BCUT2D eigenvalue weighted by atomic mass is 10.4. The van der Waals surface area contributed by atoms with Crippen LogP contribution in [0.2, 0.25) is 0 Å².